The second kappa shape index (κ2) is 4.40. The second-order valence-electron chi connectivity index (χ2n) is 4.27. The lowest BCUT2D eigenvalue weighted by atomic mass is 10.1. The van der Waals surface area contributed by atoms with E-state index in [0.29, 0.717) is 6.20 Å². The van der Waals surface area contributed by atoms with Crippen molar-refractivity contribution in [2.75, 3.05) is 5.73 Å². The molecule has 0 aliphatic rings. The number of pyridine rings is 2. The van der Waals surface area contributed by atoms with Crippen LogP contribution in [-0.2, 0) is 6.18 Å². The molecule has 0 unspecified atom stereocenters. The first-order valence-electron chi connectivity index (χ1n) is 5.68. The molecule has 0 saturated carbocycles. The van der Waals surface area contributed by atoms with Crippen LogP contribution in [0.4, 0.5) is 23.5 Å². The molecule has 0 saturated heterocycles. The Balaban J connectivity index is 2.16. The van der Waals surface area contributed by atoms with Gasteiger partial charge in [-0.05, 0) is 12.1 Å². The summed E-state index contributed by atoms with van der Waals surface area (Å²) >= 11 is 0. The molecular formula is C12H7F4N5. The number of rotatable bonds is 1. The van der Waals surface area contributed by atoms with Gasteiger partial charge in [-0.1, -0.05) is 0 Å². The molecule has 0 radical (unpaired) electrons. The maximum Gasteiger partial charge on any atom is 0.417 e. The fraction of sp³-hybridized carbons (Fsp3) is 0.0833. The smallest absolute Gasteiger partial charge is 0.366 e. The maximum absolute atomic E-state index is 13.9. The highest BCUT2D eigenvalue weighted by Crippen LogP contribution is 2.31. The Labute approximate surface area is 115 Å². The zero-order valence-electron chi connectivity index (χ0n) is 10.3. The molecule has 0 spiro atoms. The van der Waals surface area contributed by atoms with Gasteiger partial charge in [-0.3, -0.25) is 4.98 Å². The van der Waals surface area contributed by atoms with Crippen molar-refractivity contribution in [2.24, 2.45) is 0 Å². The number of hydrogen-bond donors (Lipinski definition) is 1. The normalized spacial score (nSPS) is 12.0. The number of fused-ring (bicyclic) bond motifs is 1. The summed E-state index contributed by atoms with van der Waals surface area (Å²) in [7, 11) is 0. The minimum absolute atomic E-state index is 0.101. The van der Waals surface area contributed by atoms with E-state index in [4.69, 9.17) is 5.73 Å². The highest BCUT2D eigenvalue weighted by molar-refractivity contribution is 5.65. The lowest BCUT2D eigenvalue weighted by molar-refractivity contribution is -0.137. The summed E-state index contributed by atoms with van der Waals surface area (Å²) < 4.78 is 52.9. The van der Waals surface area contributed by atoms with Crippen LogP contribution < -0.4 is 5.73 Å². The first-order chi connectivity index (χ1) is 9.84. The Morgan fingerprint density at radius 1 is 1.10 bits per heavy atom. The molecule has 3 rings (SSSR count). The molecule has 0 aliphatic heterocycles. The molecule has 0 aromatic carbocycles. The Morgan fingerprint density at radius 2 is 1.86 bits per heavy atom. The third-order valence-corrected chi connectivity index (χ3v) is 2.80. The van der Waals surface area contributed by atoms with Crippen molar-refractivity contribution in [3.8, 4) is 11.1 Å². The van der Waals surface area contributed by atoms with E-state index in [0.717, 1.165) is 16.6 Å². The molecule has 0 amide bonds. The van der Waals surface area contributed by atoms with Gasteiger partial charge in [0.2, 0.25) is 5.95 Å². The fourth-order valence-corrected chi connectivity index (χ4v) is 1.87. The van der Waals surface area contributed by atoms with Gasteiger partial charge in [0.05, 0.1) is 5.56 Å². The number of aromatic nitrogens is 4. The monoisotopic (exact) mass is 297 g/mol. The number of alkyl halides is 3. The summed E-state index contributed by atoms with van der Waals surface area (Å²) in [6.07, 6.45) is -1.29. The Hall–Kier alpha value is -2.71. The van der Waals surface area contributed by atoms with Gasteiger partial charge in [-0.15, -0.1) is 5.10 Å². The lowest BCUT2D eigenvalue weighted by Gasteiger charge is -2.08. The van der Waals surface area contributed by atoms with Gasteiger partial charge in [0, 0.05) is 29.7 Å². The molecule has 3 heterocycles. The number of nitrogens with zero attached hydrogens (tertiary/aromatic N) is 4. The summed E-state index contributed by atoms with van der Waals surface area (Å²) in [5.41, 5.74) is 4.63. The highest BCUT2D eigenvalue weighted by atomic mass is 19.4. The topological polar surface area (TPSA) is 69.1 Å². The molecule has 3 aromatic heterocycles. The summed E-state index contributed by atoms with van der Waals surface area (Å²) in [5.74, 6) is -0.873. The molecular weight excluding hydrogens is 290 g/mol. The molecule has 5 nitrogen and oxygen atoms in total. The molecule has 2 N–H and O–H groups in total. The predicted octanol–water partition coefficient (Wildman–Crippen LogP) is 2.53. The van der Waals surface area contributed by atoms with Crippen molar-refractivity contribution in [1.29, 1.82) is 0 Å². The van der Waals surface area contributed by atoms with E-state index in [1.165, 1.54) is 12.4 Å². The Kier molecular flexibility index (Phi) is 2.78. The van der Waals surface area contributed by atoms with Crippen LogP contribution in [0.1, 0.15) is 5.56 Å². The number of hydrogen-bond acceptors (Lipinski definition) is 4. The third-order valence-electron chi connectivity index (χ3n) is 2.80. The van der Waals surface area contributed by atoms with Crippen LogP contribution in [0.15, 0.2) is 30.7 Å². The standard InChI is InChI=1S/C12H7F4N5/c13-9-2-7(5-21-10(9)19-11(17)20-21)6-1-8(4-18-3-6)12(14,15)16/h1-5H,(H2,17,20). The highest BCUT2D eigenvalue weighted by Gasteiger charge is 2.31. The minimum atomic E-state index is -4.52. The van der Waals surface area contributed by atoms with Crippen LogP contribution in [0.5, 0.6) is 0 Å². The molecule has 0 fully saturated rings. The van der Waals surface area contributed by atoms with Gasteiger partial charge in [0.25, 0.3) is 0 Å². The maximum atomic E-state index is 13.9. The van der Waals surface area contributed by atoms with E-state index >= 15 is 0 Å². The van der Waals surface area contributed by atoms with Crippen molar-refractivity contribution in [3.63, 3.8) is 0 Å². The molecule has 21 heavy (non-hydrogen) atoms. The molecule has 108 valence electrons. The van der Waals surface area contributed by atoms with Crippen molar-refractivity contribution in [1.82, 2.24) is 19.6 Å². The van der Waals surface area contributed by atoms with Crippen molar-refractivity contribution in [3.05, 3.63) is 42.1 Å². The van der Waals surface area contributed by atoms with Gasteiger partial charge in [-0.25, -0.2) is 8.91 Å². The molecule has 3 aromatic rings. The van der Waals surface area contributed by atoms with Crippen LogP contribution in [-0.4, -0.2) is 19.6 Å². The Morgan fingerprint density at radius 3 is 2.57 bits per heavy atom. The van der Waals surface area contributed by atoms with Gasteiger partial charge in [0.1, 0.15) is 0 Å². The number of anilines is 1. The molecule has 0 atom stereocenters. The van der Waals surface area contributed by atoms with E-state index in [1.54, 1.807) is 0 Å². The van der Waals surface area contributed by atoms with E-state index in [1.807, 2.05) is 0 Å². The van der Waals surface area contributed by atoms with E-state index < -0.39 is 17.6 Å². The second-order valence-corrected chi connectivity index (χ2v) is 4.27. The number of nitrogens with two attached hydrogens (primary N) is 1. The van der Waals surface area contributed by atoms with Crippen LogP contribution in [0.2, 0.25) is 0 Å². The van der Waals surface area contributed by atoms with Crippen molar-refractivity contribution < 1.29 is 17.6 Å². The molecule has 9 heteroatoms. The predicted molar refractivity (Wildman–Crippen MR) is 65.6 cm³/mol. The van der Waals surface area contributed by atoms with Crippen LogP contribution in [0.25, 0.3) is 16.8 Å². The van der Waals surface area contributed by atoms with Crippen molar-refractivity contribution >= 4 is 11.6 Å². The lowest BCUT2D eigenvalue weighted by Crippen LogP contribution is -2.05. The first-order valence-corrected chi connectivity index (χ1v) is 5.68. The van der Waals surface area contributed by atoms with E-state index in [9.17, 15) is 17.6 Å². The van der Waals surface area contributed by atoms with Gasteiger partial charge >= 0.3 is 6.18 Å². The molecule has 0 aliphatic carbocycles. The summed E-state index contributed by atoms with van der Waals surface area (Å²) in [4.78, 5) is 7.19. The van der Waals surface area contributed by atoms with E-state index in [2.05, 4.69) is 15.1 Å². The summed E-state index contributed by atoms with van der Waals surface area (Å²) in [6, 6.07) is 1.94. The SMILES string of the molecule is Nc1nc2c(F)cc(-c3cncc(C(F)(F)F)c3)cn2n1. The van der Waals surface area contributed by atoms with Gasteiger partial charge in [-0.2, -0.15) is 18.2 Å². The average Bonchev–Trinajstić information content (AvgIpc) is 2.79. The summed E-state index contributed by atoms with van der Waals surface area (Å²) in [5, 5.41) is 3.73. The largest absolute Gasteiger partial charge is 0.417 e. The fourth-order valence-electron chi connectivity index (χ4n) is 1.87. The summed E-state index contributed by atoms with van der Waals surface area (Å²) in [6.45, 7) is 0. The van der Waals surface area contributed by atoms with Gasteiger partial charge < -0.3 is 5.73 Å². The van der Waals surface area contributed by atoms with Crippen LogP contribution in [0.3, 0.4) is 0 Å². The average molecular weight is 297 g/mol. The molecule has 0 bridgehead atoms. The van der Waals surface area contributed by atoms with Crippen LogP contribution >= 0.6 is 0 Å². The van der Waals surface area contributed by atoms with E-state index in [-0.39, 0.29) is 22.7 Å². The number of halogens is 4. The first kappa shape index (κ1) is 13.3. The van der Waals surface area contributed by atoms with Crippen LogP contribution in [0, 0.1) is 5.82 Å². The zero-order chi connectivity index (χ0) is 15.2. The van der Waals surface area contributed by atoms with Crippen molar-refractivity contribution in [2.45, 2.75) is 6.18 Å². The number of nitrogen functional groups attached to an aromatic ring is 1. The van der Waals surface area contributed by atoms with Gasteiger partial charge in [0.15, 0.2) is 11.5 Å². The minimum Gasteiger partial charge on any atom is -0.366 e. The Bertz CT molecular complexity index is 824. The quantitative estimate of drug-likeness (QED) is 0.701. The zero-order valence-corrected chi connectivity index (χ0v) is 10.3. The third kappa shape index (κ3) is 2.37.